The van der Waals surface area contributed by atoms with Crippen LogP contribution < -0.4 is 5.12 Å². The van der Waals surface area contributed by atoms with Gasteiger partial charge in [-0.05, 0) is 29.9 Å². The number of nitro groups is 1. The summed E-state index contributed by atoms with van der Waals surface area (Å²) in [5.41, 5.74) is -0.294. The first-order valence-corrected chi connectivity index (χ1v) is 4.21. The summed E-state index contributed by atoms with van der Waals surface area (Å²) in [6, 6.07) is 4.94. The number of benzene rings is 1. The van der Waals surface area contributed by atoms with E-state index in [1.165, 1.54) is 18.2 Å². The van der Waals surface area contributed by atoms with Crippen LogP contribution in [0.2, 0.25) is 0 Å². The quantitative estimate of drug-likeness (QED) is 0.197. The molecule has 0 atom stereocenters. The molecule has 0 aliphatic rings. The van der Waals surface area contributed by atoms with Gasteiger partial charge in [0, 0.05) is 12.1 Å². The molecule has 0 N–H and O–H groups in total. The number of non-ortho nitro benzene ring substituents is 1. The van der Waals surface area contributed by atoms with Crippen LogP contribution in [0.25, 0.3) is 0 Å². The number of hydrogen-bond acceptors (Lipinski definition) is 3. The molecular weight excluding hydrogens is 231 g/mol. The molecule has 0 aliphatic carbocycles. The summed E-state index contributed by atoms with van der Waals surface area (Å²) >= 11 is 9.56. The van der Waals surface area contributed by atoms with Crippen LogP contribution in [0, 0.1) is 10.1 Å². The molecule has 74 valence electrons. The van der Waals surface area contributed by atoms with E-state index in [1.54, 1.807) is 0 Å². The second-order valence-electron chi connectivity index (χ2n) is 2.31. The van der Waals surface area contributed by atoms with Crippen molar-refractivity contribution in [2.75, 3.05) is 5.12 Å². The lowest BCUT2D eigenvalue weighted by atomic mass is 10.3. The molecule has 0 amide bonds. The molecule has 0 heterocycles. The molecule has 4 nitrogen and oxygen atoms in total. The fraction of sp³-hybridized carbons (Fsp3) is 0. The van der Waals surface area contributed by atoms with Gasteiger partial charge in [0.2, 0.25) is 4.45 Å². The normalized spacial score (nSPS) is 9.57. The van der Waals surface area contributed by atoms with Gasteiger partial charge in [-0.15, -0.1) is 0 Å². The van der Waals surface area contributed by atoms with E-state index in [4.69, 9.17) is 11.6 Å². The number of anilines is 1. The van der Waals surface area contributed by atoms with Gasteiger partial charge >= 0.3 is 0 Å². The fourth-order valence-electron chi connectivity index (χ4n) is 0.830. The van der Waals surface area contributed by atoms with Gasteiger partial charge in [-0.1, -0.05) is 10.5 Å². The maximum atomic E-state index is 13.0. The molecule has 1 aromatic carbocycles. The highest BCUT2D eigenvalue weighted by Crippen LogP contribution is 2.22. The van der Waals surface area contributed by atoms with E-state index < -0.39 is 9.37 Å². The van der Waals surface area contributed by atoms with Gasteiger partial charge in [0.1, 0.15) is 0 Å². The van der Waals surface area contributed by atoms with Gasteiger partial charge in [0.15, 0.2) is 0 Å². The SMILES string of the molecule is O=[N+]([O-])c1cccc(N(F)C(=S)Cl)c1. The number of thiocarbonyl (C=S) groups is 1. The summed E-state index contributed by atoms with van der Waals surface area (Å²) in [5, 5.41) is 10.3. The van der Waals surface area contributed by atoms with Crippen LogP contribution in [0.1, 0.15) is 0 Å². The van der Waals surface area contributed by atoms with Crippen molar-refractivity contribution >= 4 is 39.6 Å². The lowest BCUT2D eigenvalue weighted by Crippen LogP contribution is -2.13. The fourth-order valence-corrected chi connectivity index (χ4v) is 1.03. The number of nitrogens with zero attached hydrogens (tertiary/aromatic N) is 2. The van der Waals surface area contributed by atoms with Crippen LogP contribution in [0.5, 0.6) is 0 Å². The smallest absolute Gasteiger partial charge is 0.258 e. The van der Waals surface area contributed by atoms with Crippen molar-refractivity contribution in [3.05, 3.63) is 34.4 Å². The summed E-state index contributed by atoms with van der Waals surface area (Å²) in [7, 11) is 0. The highest BCUT2D eigenvalue weighted by molar-refractivity contribution is 7.83. The molecule has 0 radical (unpaired) electrons. The second kappa shape index (κ2) is 4.30. The molecule has 0 saturated heterocycles. The van der Waals surface area contributed by atoms with Gasteiger partial charge in [-0.3, -0.25) is 10.1 Å². The van der Waals surface area contributed by atoms with Gasteiger partial charge in [-0.25, -0.2) is 0 Å². The molecular formula is C7H4ClFN2O2S. The van der Waals surface area contributed by atoms with Gasteiger partial charge in [-0.2, -0.15) is 5.12 Å². The van der Waals surface area contributed by atoms with Crippen molar-refractivity contribution in [3.63, 3.8) is 0 Å². The first-order valence-electron chi connectivity index (χ1n) is 3.42. The summed E-state index contributed by atoms with van der Waals surface area (Å²) in [5.74, 6) is 0. The zero-order valence-electron chi connectivity index (χ0n) is 6.68. The third-order valence-electron chi connectivity index (χ3n) is 1.42. The Morgan fingerprint density at radius 3 is 2.79 bits per heavy atom. The Balaban J connectivity index is 3.05. The van der Waals surface area contributed by atoms with E-state index in [1.807, 2.05) is 0 Å². The minimum Gasteiger partial charge on any atom is -0.258 e. The van der Waals surface area contributed by atoms with Crippen LogP contribution >= 0.6 is 23.8 Å². The van der Waals surface area contributed by atoms with Crippen molar-refractivity contribution in [2.45, 2.75) is 0 Å². The Kier molecular flexibility index (Phi) is 3.32. The Hall–Kier alpha value is -1.27. The van der Waals surface area contributed by atoms with Crippen molar-refractivity contribution < 1.29 is 9.40 Å². The topological polar surface area (TPSA) is 46.4 Å². The Morgan fingerprint density at radius 2 is 2.29 bits per heavy atom. The predicted molar refractivity (Wildman–Crippen MR) is 55.1 cm³/mol. The maximum absolute atomic E-state index is 13.0. The molecule has 0 aromatic heterocycles. The van der Waals surface area contributed by atoms with E-state index in [0.717, 1.165) is 6.07 Å². The minimum absolute atomic E-state index is 0.0100. The number of halogens is 2. The van der Waals surface area contributed by atoms with E-state index in [-0.39, 0.29) is 16.5 Å². The molecule has 1 rings (SSSR count). The highest BCUT2D eigenvalue weighted by atomic mass is 35.5. The molecule has 0 bridgehead atoms. The largest absolute Gasteiger partial charge is 0.271 e. The maximum Gasteiger partial charge on any atom is 0.271 e. The van der Waals surface area contributed by atoms with Crippen LogP contribution in [-0.2, 0) is 0 Å². The Bertz CT molecular complexity index is 388. The summed E-state index contributed by atoms with van der Waals surface area (Å²) < 4.78 is 12.5. The molecule has 0 spiro atoms. The Labute approximate surface area is 89.0 Å². The number of hydrogen-bond donors (Lipinski definition) is 0. The minimum atomic E-state index is -0.630. The van der Waals surface area contributed by atoms with Crippen molar-refractivity contribution in [1.29, 1.82) is 0 Å². The summed E-state index contributed by atoms with van der Waals surface area (Å²) in [6.45, 7) is 0. The van der Waals surface area contributed by atoms with E-state index in [9.17, 15) is 14.6 Å². The summed E-state index contributed by atoms with van der Waals surface area (Å²) in [4.78, 5) is 9.71. The second-order valence-corrected chi connectivity index (χ2v) is 3.28. The van der Waals surface area contributed by atoms with E-state index in [0.29, 0.717) is 0 Å². The molecule has 0 saturated carbocycles. The molecule has 7 heteroatoms. The lowest BCUT2D eigenvalue weighted by Gasteiger charge is -2.08. The van der Waals surface area contributed by atoms with Crippen LogP contribution in [-0.4, -0.2) is 9.37 Å². The molecule has 0 aliphatic heterocycles. The predicted octanol–water partition coefficient (Wildman–Crippen LogP) is 2.81. The van der Waals surface area contributed by atoms with E-state index >= 15 is 0 Å². The van der Waals surface area contributed by atoms with Gasteiger partial charge in [0.25, 0.3) is 5.69 Å². The third kappa shape index (κ3) is 2.36. The first-order chi connectivity index (χ1) is 6.52. The zero-order chi connectivity index (χ0) is 10.7. The molecule has 0 unspecified atom stereocenters. The number of nitro benzene ring substituents is 1. The van der Waals surface area contributed by atoms with Gasteiger partial charge in [0.05, 0.1) is 10.6 Å². The zero-order valence-corrected chi connectivity index (χ0v) is 8.26. The van der Waals surface area contributed by atoms with Crippen LogP contribution in [0.15, 0.2) is 24.3 Å². The monoisotopic (exact) mass is 234 g/mol. The van der Waals surface area contributed by atoms with Crippen molar-refractivity contribution in [1.82, 2.24) is 0 Å². The van der Waals surface area contributed by atoms with Crippen LogP contribution in [0.3, 0.4) is 0 Å². The van der Waals surface area contributed by atoms with E-state index in [2.05, 4.69) is 12.2 Å². The first kappa shape index (κ1) is 10.8. The third-order valence-corrected chi connectivity index (χ3v) is 1.73. The summed E-state index contributed by atoms with van der Waals surface area (Å²) in [6.07, 6.45) is 0. The van der Waals surface area contributed by atoms with Gasteiger partial charge < -0.3 is 0 Å². The van der Waals surface area contributed by atoms with Crippen molar-refractivity contribution in [2.24, 2.45) is 0 Å². The lowest BCUT2D eigenvalue weighted by molar-refractivity contribution is -0.384. The Morgan fingerprint density at radius 1 is 1.64 bits per heavy atom. The average Bonchev–Trinajstić information content (AvgIpc) is 2.16. The average molecular weight is 235 g/mol. The molecule has 0 fully saturated rings. The van der Waals surface area contributed by atoms with Crippen molar-refractivity contribution in [3.8, 4) is 0 Å². The highest BCUT2D eigenvalue weighted by Gasteiger charge is 2.12. The molecule has 14 heavy (non-hydrogen) atoms. The number of rotatable bonds is 2. The standard InChI is InChI=1S/C7H4ClFN2O2S/c8-7(14)10(9)5-2-1-3-6(4-5)11(12)13/h1-4H. The van der Waals surface area contributed by atoms with Crippen LogP contribution in [0.4, 0.5) is 15.9 Å². The molecule has 1 aromatic rings.